The second kappa shape index (κ2) is 12.9. The zero-order valence-electron chi connectivity index (χ0n) is 20.7. The van der Waals surface area contributed by atoms with E-state index >= 15 is 0 Å². The van der Waals surface area contributed by atoms with Gasteiger partial charge >= 0.3 is 17.1 Å². The minimum Gasteiger partial charge on any atom is -0.394 e. The maximum absolute atomic E-state index is 6.59. The van der Waals surface area contributed by atoms with E-state index < -0.39 is 17.1 Å². The Balaban J connectivity index is 5.85. The topological polar surface area (TPSA) is 36.9 Å². The highest BCUT2D eigenvalue weighted by Gasteiger charge is 2.55. The highest BCUT2D eigenvalue weighted by molar-refractivity contribution is 6.76. The van der Waals surface area contributed by atoms with E-state index in [4.69, 9.17) is 17.7 Å². The molecular formula is C22H50O4Si2. The zero-order chi connectivity index (χ0) is 21.9. The summed E-state index contributed by atoms with van der Waals surface area (Å²) in [4.78, 5) is 0. The molecule has 0 radical (unpaired) electrons. The lowest BCUT2D eigenvalue weighted by Crippen LogP contribution is -2.56. The summed E-state index contributed by atoms with van der Waals surface area (Å²) in [6, 6.07) is 1.88. The first kappa shape index (κ1) is 28.3. The summed E-state index contributed by atoms with van der Waals surface area (Å²) in [5.74, 6) is 0. The summed E-state index contributed by atoms with van der Waals surface area (Å²) < 4.78 is 26.4. The molecule has 4 nitrogen and oxygen atoms in total. The Kier molecular flexibility index (Phi) is 13.0. The van der Waals surface area contributed by atoms with Crippen molar-refractivity contribution in [3.05, 3.63) is 0 Å². The van der Waals surface area contributed by atoms with Crippen LogP contribution < -0.4 is 0 Å². The van der Waals surface area contributed by atoms with Gasteiger partial charge in [0.05, 0.1) is 0 Å². The molecule has 0 atom stereocenters. The van der Waals surface area contributed by atoms with Crippen LogP contribution in [0, 0.1) is 0 Å². The fraction of sp³-hybridized carbons (Fsp3) is 1.00. The van der Waals surface area contributed by atoms with Crippen molar-refractivity contribution in [3.8, 4) is 0 Å². The van der Waals surface area contributed by atoms with E-state index in [0.717, 1.165) is 64.2 Å². The van der Waals surface area contributed by atoms with Crippen molar-refractivity contribution in [1.82, 2.24) is 0 Å². The van der Waals surface area contributed by atoms with E-state index in [9.17, 15) is 0 Å². The van der Waals surface area contributed by atoms with Crippen LogP contribution in [0.2, 0.25) is 22.2 Å². The fourth-order valence-electron chi connectivity index (χ4n) is 3.38. The van der Waals surface area contributed by atoms with Crippen LogP contribution in [-0.4, -0.2) is 43.5 Å². The van der Waals surface area contributed by atoms with E-state index in [0.29, 0.717) is 0 Å². The van der Waals surface area contributed by atoms with E-state index in [1.165, 1.54) is 0 Å². The Bertz CT molecular complexity index is 348. The molecule has 0 amide bonds. The van der Waals surface area contributed by atoms with Crippen molar-refractivity contribution in [1.29, 1.82) is 0 Å². The lowest BCUT2D eigenvalue weighted by atomic mass is 10.2. The minimum atomic E-state index is -2.43. The van der Waals surface area contributed by atoms with Crippen LogP contribution in [0.15, 0.2) is 0 Å². The predicted octanol–water partition coefficient (Wildman–Crippen LogP) is 7.18. The summed E-state index contributed by atoms with van der Waals surface area (Å²) >= 11 is 0. The third-order valence-electron chi connectivity index (χ3n) is 5.23. The third-order valence-corrected chi connectivity index (χ3v) is 14.8. The Morgan fingerprint density at radius 1 is 0.464 bits per heavy atom. The number of hydrogen-bond donors (Lipinski definition) is 0. The summed E-state index contributed by atoms with van der Waals surface area (Å²) in [6.45, 7) is 25.4. The molecule has 0 unspecified atom stereocenters. The number of hydrogen-bond acceptors (Lipinski definition) is 4. The summed E-state index contributed by atoms with van der Waals surface area (Å²) in [5, 5.41) is 0.00968. The first-order chi connectivity index (χ1) is 12.9. The summed E-state index contributed by atoms with van der Waals surface area (Å²) in [5.41, 5.74) is 0. The molecule has 0 bridgehead atoms. The van der Waals surface area contributed by atoms with Crippen molar-refractivity contribution in [2.24, 2.45) is 0 Å². The molecule has 0 fully saturated rings. The minimum absolute atomic E-state index is 0.00484. The highest BCUT2D eigenvalue weighted by Crippen LogP contribution is 2.47. The first-order valence-corrected chi connectivity index (χ1v) is 15.6. The SMILES string of the molecule is CCCO[Si](CC[Si](OCCC)(OCCC)C(C)(C)C)(OCCC)C(C)(C)C. The van der Waals surface area contributed by atoms with Gasteiger partial charge in [0.15, 0.2) is 0 Å². The molecule has 170 valence electrons. The Labute approximate surface area is 178 Å². The first-order valence-electron chi connectivity index (χ1n) is 11.5. The third kappa shape index (κ3) is 8.19. The van der Waals surface area contributed by atoms with Crippen LogP contribution in [0.1, 0.15) is 94.9 Å². The lowest BCUT2D eigenvalue weighted by molar-refractivity contribution is 0.135. The molecule has 0 rings (SSSR count). The van der Waals surface area contributed by atoms with Crippen LogP contribution in [-0.2, 0) is 17.7 Å². The van der Waals surface area contributed by atoms with Crippen LogP contribution in [0.25, 0.3) is 0 Å². The molecule has 0 spiro atoms. The molecule has 0 saturated heterocycles. The second-order valence-corrected chi connectivity index (χ2v) is 18.1. The fourth-order valence-corrected chi connectivity index (χ4v) is 12.1. The normalized spacial score (nSPS) is 13.9. The van der Waals surface area contributed by atoms with Gasteiger partial charge in [-0.15, -0.1) is 0 Å². The van der Waals surface area contributed by atoms with E-state index in [1.807, 2.05) is 0 Å². The summed E-state index contributed by atoms with van der Waals surface area (Å²) in [6.07, 6.45) is 4.06. The van der Waals surface area contributed by atoms with Gasteiger partial charge in [0, 0.05) is 36.5 Å². The molecule has 0 aliphatic rings. The van der Waals surface area contributed by atoms with Crippen LogP contribution in [0.5, 0.6) is 0 Å². The molecule has 0 aromatic heterocycles. The molecule has 28 heavy (non-hydrogen) atoms. The zero-order valence-corrected chi connectivity index (χ0v) is 22.7. The highest BCUT2D eigenvalue weighted by atomic mass is 28.4. The average molecular weight is 435 g/mol. The molecule has 0 N–H and O–H groups in total. The predicted molar refractivity (Wildman–Crippen MR) is 126 cm³/mol. The molecule has 0 heterocycles. The van der Waals surface area contributed by atoms with E-state index in [1.54, 1.807) is 0 Å². The van der Waals surface area contributed by atoms with Gasteiger partial charge in [-0.3, -0.25) is 0 Å². The average Bonchev–Trinajstić information content (AvgIpc) is 2.60. The maximum atomic E-state index is 6.59. The Hall–Kier alpha value is 0.274. The molecule has 0 aromatic carbocycles. The summed E-state index contributed by atoms with van der Waals surface area (Å²) in [7, 11) is -4.86. The van der Waals surface area contributed by atoms with Crippen LogP contribution >= 0.6 is 0 Å². The molecule has 0 aromatic rings. The van der Waals surface area contributed by atoms with Gasteiger partial charge in [0.25, 0.3) is 0 Å². The monoisotopic (exact) mass is 434 g/mol. The van der Waals surface area contributed by atoms with Crippen molar-refractivity contribution in [3.63, 3.8) is 0 Å². The van der Waals surface area contributed by atoms with Crippen molar-refractivity contribution >= 4 is 17.1 Å². The lowest BCUT2D eigenvalue weighted by Gasteiger charge is -2.45. The Morgan fingerprint density at radius 3 is 0.821 bits per heavy atom. The van der Waals surface area contributed by atoms with Crippen molar-refractivity contribution in [2.45, 2.75) is 117 Å². The van der Waals surface area contributed by atoms with E-state index in [2.05, 4.69) is 69.2 Å². The van der Waals surface area contributed by atoms with Crippen molar-refractivity contribution < 1.29 is 17.7 Å². The van der Waals surface area contributed by atoms with E-state index in [-0.39, 0.29) is 10.1 Å². The largest absolute Gasteiger partial charge is 0.394 e. The number of rotatable bonds is 15. The molecular weight excluding hydrogens is 384 g/mol. The molecule has 0 saturated carbocycles. The smallest absolute Gasteiger partial charge is 0.343 e. The standard InChI is InChI=1S/C22H50O4Si2/c1-11-15-23-27(21(5,6)7,24-16-12-2)19-20-28(22(8,9)10,25-17-13-3)26-18-14-4/h11-20H2,1-10H3. The quantitative estimate of drug-likeness (QED) is 0.256. The Morgan fingerprint density at radius 2 is 0.679 bits per heavy atom. The van der Waals surface area contributed by atoms with Gasteiger partial charge in [0.1, 0.15) is 0 Å². The maximum Gasteiger partial charge on any atom is 0.343 e. The van der Waals surface area contributed by atoms with Gasteiger partial charge in [-0.2, -0.15) is 0 Å². The van der Waals surface area contributed by atoms with Crippen molar-refractivity contribution in [2.75, 3.05) is 26.4 Å². The van der Waals surface area contributed by atoms with Gasteiger partial charge in [-0.1, -0.05) is 69.2 Å². The molecule has 6 heteroatoms. The van der Waals surface area contributed by atoms with Gasteiger partial charge < -0.3 is 17.7 Å². The molecule has 0 aliphatic carbocycles. The van der Waals surface area contributed by atoms with Gasteiger partial charge in [-0.05, 0) is 37.8 Å². The molecule has 0 aliphatic heterocycles. The van der Waals surface area contributed by atoms with Crippen LogP contribution in [0.4, 0.5) is 0 Å². The van der Waals surface area contributed by atoms with Crippen LogP contribution in [0.3, 0.4) is 0 Å². The second-order valence-electron chi connectivity index (χ2n) is 9.90. The van der Waals surface area contributed by atoms with Gasteiger partial charge in [-0.25, -0.2) is 0 Å². The van der Waals surface area contributed by atoms with Gasteiger partial charge in [0.2, 0.25) is 0 Å².